The SMILES string of the molecule is Cc1nc(-c2nnn(C)c2Cc2nc(Cc3ccccc3)no2)ccc1O[C@H]1CCC[C@H](C(=O)O)C1. The number of pyridine rings is 1. The minimum Gasteiger partial charge on any atom is -0.489 e. The summed E-state index contributed by atoms with van der Waals surface area (Å²) in [6.07, 6.45) is 3.75. The molecule has 2 atom stereocenters. The first-order chi connectivity index (χ1) is 17.5. The van der Waals surface area contributed by atoms with Crippen LogP contribution in [0.5, 0.6) is 5.75 Å². The van der Waals surface area contributed by atoms with Crippen molar-refractivity contribution in [3.8, 4) is 17.1 Å². The Balaban J connectivity index is 1.30. The fraction of sp³-hybridized carbons (Fsp3) is 0.385. The third-order valence-corrected chi connectivity index (χ3v) is 6.53. The van der Waals surface area contributed by atoms with E-state index in [0.29, 0.717) is 60.2 Å². The highest BCUT2D eigenvalue weighted by Gasteiger charge is 2.28. The monoisotopic (exact) mass is 488 g/mol. The van der Waals surface area contributed by atoms with E-state index in [1.807, 2.05) is 56.4 Å². The molecule has 0 saturated heterocycles. The standard InChI is InChI=1S/C26H28N6O4/c1-16-22(35-19-10-6-9-18(14-19)26(33)34)12-11-20(27-16)25-21(32(2)31-29-25)15-24-28-23(30-36-24)13-17-7-4-3-5-8-17/h3-5,7-8,11-12,18-19H,6,9-10,13-15H2,1-2H3,(H,33,34)/t18-,19-/m0/s1. The van der Waals surface area contributed by atoms with Crippen molar-refractivity contribution in [1.82, 2.24) is 30.1 Å². The molecule has 5 rings (SSSR count). The molecule has 1 N–H and O–H groups in total. The van der Waals surface area contributed by atoms with Gasteiger partial charge in [-0.1, -0.05) is 40.7 Å². The number of nitrogens with zero attached hydrogens (tertiary/aromatic N) is 6. The van der Waals surface area contributed by atoms with E-state index in [2.05, 4.69) is 20.5 Å². The van der Waals surface area contributed by atoms with Gasteiger partial charge in [0.1, 0.15) is 11.4 Å². The van der Waals surface area contributed by atoms with E-state index in [0.717, 1.165) is 24.1 Å². The van der Waals surface area contributed by atoms with Crippen LogP contribution in [0.3, 0.4) is 0 Å². The van der Waals surface area contributed by atoms with E-state index < -0.39 is 5.97 Å². The van der Waals surface area contributed by atoms with Gasteiger partial charge in [-0.05, 0) is 50.3 Å². The van der Waals surface area contributed by atoms with Crippen molar-refractivity contribution in [2.45, 2.75) is 51.6 Å². The predicted octanol–water partition coefficient (Wildman–Crippen LogP) is 3.77. The lowest BCUT2D eigenvalue weighted by Gasteiger charge is -2.27. The second-order valence-electron chi connectivity index (χ2n) is 9.17. The maximum atomic E-state index is 11.4. The lowest BCUT2D eigenvalue weighted by Crippen LogP contribution is -2.29. The summed E-state index contributed by atoms with van der Waals surface area (Å²) in [6.45, 7) is 1.88. The number of aromatic nitrogens is 6. The van der Waals surface area contributed by atoms with Crippen LogP contribution in [0.25, 0.3) is 11.4 Å². The van der Waals surface area contributed by atoms with E-state index in [4.69, 9.17) is 14.2 Å². The first kappa shape index (κ1) is 23.7. The molecule has 0 unspecified atom stereocenters. The first-order valence-electron chi connectivity index (χ1n) is 12.1. The van der Waals surface area contributed by atoms with Crippen molar-refractivity contribution in [1.29, 1.82) is 0 Å². The molecule has 1 aliphatic rings. The summed E-state index contributed by atoms with van der Waals surface area (Å²) in [4.78, 5) is 20.6. The number of carboxylic acid groups (broad SMARTS) is 1. The number of ether oxygens (including phenoxy) is 1. The smallest absolute Gasteiger partial charge is 0.306 e. The fourth-order valence-corrected chi connectivity index (χ4v) is 4.59. The molecule has 0 aliphatic heterocycles. The molecular weight excluding hydrogens is 460 g/mol. The Labute approximate surface area is 208 Å². The lowest BCUT2D eigenvalue weighted by molar-refractivity contribution is -0.143. The molecule has 1 aromatic carbocycles. The van der Waals surface area contributed by atoms with E-state index in [1.165, 1.54) is 0 Å². The van der Waals surface area contributed by atoms with Gasteiger partial charge in [-0.15, -0.1) is 5.10 Å². The van der Waals surface area contributed by atoms with Gasteiger partial charge in [0.2, 0.25) is 5.89 Å². The summed E-state index contributed by atoms with van der Waals surface area (Å²) in [5.74, 6) is 0.655. The van der Waals surface area contributed by atoms with E-state index in [-0.39, 0.29) is 12.0 Å². The molecular formula is C26H28N6O4. The molecule has 36 heavy (non-hydrogen) atoms. The minimum atomic E-state index is -0.753. The number of rotatable bonds is 8. The molecule has 10 heteroatoms. The van der Waals surface area contributed by atoms with Gasteiger partial charge in [0.15, 0.2) is 5.82 Å². The summed E-state index contributed by atoms with van der Waals surface area (Å²) in [7, 11) is 1.82. The van der Waals surface area contributed by atoms with Crippen LogP contribution in [0.2, 0.25) is 0 Å². The van der Waals surface area contributed by atoms with Crippen LogP contribution in [0.15, 0.2) is 47.0 Å². The van der Waals surface area contributed by atoms with Gasteiger partial charge in [-0.3, -0.25) is 9.48 Å². The second-order valence-corrected chi connectivity index (χ2v) is 9.17. The van der Waals surface area contributed by atoms with E-state index >= 15 is 0 Å². The maximum Gasteiger partial charge on any atom is 0.306 e. The topological polar surface area (TPSA) is 129 Å². The van der Waals surface area contributed by atoms with Crippen LogP contribution < -0.4 is 4.74 Å². The highest BCUT2D eigenvalue weighted by Crippen LogP contribution is 2.30. The highest BCUT2D eigenvalue weighted by molar-refractivity contribution is 5.70. The predicted molar refractivity (Wildman–Crippen MR) is 129 cm³/mol. The summed E-state index contributed by atoms with van der Waals surface area (Å²) in [5, 5.41) is 22.0. The normalized spacial score (nSPS) is 17.7. The molecule has 10 nitrogen and oxygen atoms in total. The van der Waals surface area contributed by atoms with Crippen molar-refractivity contribution < 1.29 is 19.2 Å². The summed E-state index contributed by atoms with van der Waals surface area (Å²) < 4.78 is 13.3. The largest absolute Gasteiger partial charge is 0.489 e. The molecule has 0 bridgehead atoms. The molecule has 1 saturated carbocycles. The number of aliphatic carboxylic acids is 1. The van der Waals surface area contributed by atoms with E-state index in [1.54, 1.807) is 4.68 Å². The average molecular weight is 489 g/mol. The Hall–Kier alpha value is -4.08. The van der Waals surface area contributed by atoms with Crippen molar-refractivity contribution in [2.24, 2.45) is 13.0 Å². The maximum absolute atomic E-state index is 11.4. The van der Waals surface area contributed by atoms with Gasteiger partial charge in [0.25, 0.3) is 0 Å². The van der Waals surface area contributed by atoms with Crippen LogP contribution in [0.4, 0.5) is 0 Å². The van der Waals surface area contributed by atoms with Crippen molar-refractivity contribution in [3.63, 3.8) is 0 Å². The lowest BCUT2D eigenvalue weighted by atomic mass is 9.87. The molecule has 1 fully saturated rings. The number of hydrogen-bond donors (Lipinski definition) is 1. The van der Waals surface area contributed by atoms with Crippen LogP contribution in [-0.4, -0.2) is 47.3 Å². The number of hydrogen-bond acceptors (Lipinski definition) is 8. The third kappa shape index (κ3) is 5.27. The van der Waals surface area contributed by atoms with Crippen LogP contribution >= 0.6 is 0 Å². The van der Waals surface area contributed by atoms with Gasteiger partial charge in [-0.2, -0.15) is 4.98 Å². The second kappa shape index (κ2) is 10.3. The molecule has 0 amide bonds. The highest BCUT2D eigenvalue weighted by atomic mass is 16.5. The summed E-state index contributed by atoms with van der Waals surface area (Å²) in [5.41, 5.74) is 3.94. The fourth-order valence-electron chi connectivity index (χ4n) is 4.59. The van der Waals surface area contributed by atoms with Gasteiger partial charge in [-0.25, -0.2) is 4.98 Å². The number of aryl methyl sites for hydroxylation is 2. The number of carbonyl (C=O) groups is 1. The Morgan fingerprint density at radius 2 is 1.97 bits per heavy atom. The first-order valence-corrected chi connectivity index (χ1v) is 12.1. The molecule has 4 aromatic rings. The van der Waals surface area contributed by atoms with Gasteiger partial charge < -0.3 is 14.4 Å². The number of carboxylic acids is 1. The van der Waals surface area contributed by atoms with Crippen molar-refractivity contribution in [3.05, 3.63) is 71.1 Å². The summed E-state index contributed by atoms with van der Waals surface area (Å²) >= 11 is 0. The number of benzene rings is 1. The molecule has 1 aliphatic carbocycles. The Bertz CT molecular complexity index is 1350. The Kier molecular flexibility index (Phi) is 6.75. The van der Waals surface area contributed by atoms with Gasteiger partial charge in [0.05, 0.1) is 35.5 Å². The average Bonchev–Trinajstić information content (AvgIpc) is 3.47. The van der Waals surface area contributed by atoms with Crippen molar-refractivity contribution >= 4 is 5.97 Å². The Morgan fingerprint density at radius 1 is 1.14 bits per heavy atom. The summed E-state index contributed by atoms with van der Waals surface area (Å²) in [6, 6.07) is 13.7. The molecule has 186 valence electrons. The van der Waals surface area contributed by atoms with Crippen molar-refractivity contribution in [2.75, 3.05) is 0 Å². The van der Waals surface area contributed by atoms with Gasteiger partial charge >= 0.3 is 5.97 Å². The molecule has 0 spiro atoms. The van der Waals surface area contributed by atoms with Crippen LogP contribution in [-0.2, 0) is 24.7 Å². The van der Waals surface area contributed by atoms with E-state index in [9.17, 15) is 9.90 Å². The zero-order valence-electron chi connectivity index (χ0n) is 20.3. The van der Waals surface area contributed by atoms with Gasteiger partial charge in [0, 0.05) is 13.5 Å². The quantitative estimate of drug-likeness (QED) is 0.394. The van der Waals surface area contributed by atoms with Crippen LogP contribution in [0, 0.1) is 12.8 Å². The zero-order chi connectivity index (χ0) is 25.1. The molecule has 3 heterocycles. The third-order valence-electron chi connectivity index (χ3n) is 6.53. The molecule has 3 aromatic heterocycles. The zero-order valence-corrected chi connectivity index (χ0v) is 20.3. The minimum absolute atomic E-state index is 0.124. The Morgan fingerprint density at radius 3 is 2.75 bits per heavy atom. The molecule has 0 radical (unpaired) electrons. The van der Waals surface area contributed by atoms with Crippen LogP contribution in [0.1, 0.15) is 54.3 Å².